The molecule has 6 heteroatoms. The average Bonchev–Trinajstić information content (AvgIpc) is 2.46. The number of anilines is 1. The summed E-state index contributed by atoms with van der Waals surface area (Å²) in [5, 5.41) is 10.7. The highest BCUT2D eigenvalue weighted by molar-refractivity contribution is 7.98. The van der Waals surface area contributed by atoms with E-state index in [0.29, 0.717) is 17.2 Å². The number of nitrogen functional groups attached to an aromatic ring is 1. The van der Waals surface area contributed by atoms with Crippen LogP contribution in [0.2, 0.25) is 0 Å². The lowest BCUT2D eigenvalue weighted by molar-refractivity contribution is -0.384. The molecule has 0 heterocycles. The second kappa shape index (κ2) is 7.54. The molecule has 112 valence electrons. The quantitative estimate of drug-likeness (QED) is 0.389. The Kier molecular flexibility index (Phi) is 6.05. The molecule has 0 saturated carbocycles. The van der Waals surface area contributed by atoms with Gasteiger partial charge in [-0.05, 0) is 17.7 Å². The van der Waals surface area contributed by atoms with Crippen molar-refractivity contribution in [2.75, 3.05) is 12.8 Å². The van der Waals surface area contributed by atoms with Crippen LogP contribution in [0.25, 0.3) is 0 Å². The lowest BCUT2D eigenvalue weighted by Crippen LogP contribution is -1.92. The Morgan fingerprint density at radius 3 is 2.67 bits per heavy atom. The van der Waals surface area contributed by atoms with E-state index in [0.717, 1.165) is 10.5 Å². The van der Waals surface area contributed by atoms with Gasteiger partial charge in [0.15, 0.2) is 0 Å². The van der Waals surface area contributed by atoms with Gasteiger partial charge >= 0.3 is 0 Å². The van der Waals surface area contributed by atoms with Crippen LogP contribution in [0.4, 0.5) is 11.4 Å². The Morgan fingerprint density at radius 2 is 2.05 bits per heavy atom. The molecule has 0 amide bonds. The molecule has 2 N–H and O–H groups in total. The summed E-state index contributed by atoms with van der Waals surface area (Å²) in [6.45, 7) is 0. The van der Waals surface area contributed by atoms with Crippen LogP contribution in [0.5, 0.6) is 5.75 Å². The zero-order valence-electron chi connectivity index (χ0n) is 10.9. The molecule has 21 heavy (non-hydrogen) atoms. The van der Waals surface area contributed by atoms with Crippen molar-refractivity contribution >= 4 is 23.1 Å². The molecule has 0 aromatic heterocycles. The van der Waals surface area contributed by atoms with Gasteiger partial charge in [-0.1, -0.05) is 19.6 Å². The van der Waals surface area contributed by atoms with E-state index in [9.17, 15) is 10.1 Å². The first-order valence-corrected chi connectivity index (χ1v) is 6.88. The summed E-state index contributed by atoms with van der Waals surface area (Å²) in [4.78, 5) is 11.3. The highest BCUT2D eigenvalue weighted by atomic mass is 32.2. The van der Waals surface area contributed by atoms with E-state index in [2.05, 4.69) is 0 Å². The number of nitrogens with zero attached hydrogens (tertiary/aromatic N) is 1. The number of nitro benzene ring substituents is 1. The van der Waals surface area contributed by atoms with Gasteiger partial charge in [0, 0.05) is 34.5 Å². The summed E-state index contributed by atoms with van der Waals surface area (Å²) >= 11 is 1.54. The second-order valence-corrected chi connectivity index (χ2v) is 5.14. The van der Waals surface area contributed by atoms with Crippen molar-refractivity contribution < 1.29 is 9.66 Å². The van der Waals surface area contributed by atoms with Gasteiger partial charge in [0.1, 0.15) is 5.75 Å². The maximum Gasteiger partial charge on any atom is 0.269 e. The molecule has 2 rings (SSSR count). The molecular weight excluding hydrogens is 288 g/mol. The molecule has 0 fully saturated rings. The monoisotopic (exact) mass is 306 g/mol. The van der Waals surface area contributed by atoms with Crippen LogP contribution in [0.3, 0.4) is 0 Å². The van der Waals surface area contributed by atoms with Crippen LogP contribution in [-0.4, -0.2) is 12.0 Å². The van der Waals surface area contributed by atoms with Gasteiger partial charge in [0.25, 0.3) is 5.69 Å². The van der Waals surface area contributed by atoms with E-state index in [1.54, 1.807) is 25.3 Å². The number of thioether (sulfide) groups is 1. The van der Waals surface area contributed by atoms with Gasteiger partial charge in [-0.2, -0.15) is 0 Å². The number of methoxy groups -OCH3 is 1. The van der Waals surface area contributed by atoms with E-state index in [1.165, 1.54) is 17.8 Å². The minimum absolute atomic E-state index is 0. The summed E-state index contributed by atoms with van der Waals surface area (Å²) in [5.74, 6) is 1.33. The third-order valence-electron chi connectivity index (χ3n) is 2.73. The number of benzene rings is 2. The third kappa shape index (κ3) is 4.39. The number of nitrogens with two attached hydrogens (primary N) is 1. The zero-order chi connectivity index (χ0) is 14.5. The Balaban J connectivity index is 0.00000220. The van der Waals surface area contributed by atoms with Crippen LogP contribution in [-0.2, 0) is 5.75 Å². The Morgan fingerprint density at radius 1 is 1.29 bits per heavy atom. The number of hydrogen-bond donors (Lipinski definition) is 1. The lowest BCUT2D eigenvalue weighted by atomic mass is 10.2. The van der Waals surface area contributed by atoms with E-state index in [4.69, 9.17) is 10.5 Å². The number of rotatable bonds is 5. The minimum Gasteiger partial charge on any atom is -0.497 e. The van der Waals surface area contributed by atoms with Gasteiger partial charge < -0.3 is 10.5 Å². The molecule has 0 aliphatic rings. The first kappa shape index (κ1) is 16.8. The van der Waals surface area contributed by atoms with Crippen molar-refractivity contribution in [3.8, 4) is 5.75 Å². The second-order valence-electron chi connectivity index (χ2n) is 4.12. The fourth-order valence-corrected chi connectivity index (χ4v) is 2.60. The molecule has 0 aliphatic carbocycles. The number of ether oxygens (including phenoxy) is 1. The van der Waals surface area contributed by atoms with Gasteiger partial charge in [0.05, 0.1) is 12.0 Å². The SMILES string of the molecule is C.COc1ccc(SCc2cccc([N+](=O)[O-])c2)c(N)c1. The Labute approximate surface area is 128 Å². The van der Waals surface area contributed by atoms with Gasteiger partial charge in [0.2, 0.25) is 0 Å². The molecule has 0 unspecified atom stereocenters. The molecule has 0 saturated heterocycles. The molecule has 0 spiro atoms. The van der Waals surface area contributed by atoms with Crippen molar-refractivity contribution in [1.82, 2.24) is 0 Å². The van der Waals surface area contributed by atoms with Gasteiger partial charge in [-0.25, -0.2) is 0 Å². The molecular formula is C15H18N2O3S. The topological polar surface area (TPSA) is 78.4 Å². The molecule has 5 nitrogen and oxygen atoms in total. The molecule has 0 aliphatic heterocycles. The van der Waals surface area contributed by atoms with E-state index in [1.807, 2.05) is 18.2 Å². The summed E-state index contributed by atoms with van der Waals surface area (Å²) < 4.78 is 5.09. The van der Waals surface area contributed by atoms with Gasteiger partial charge in [-0.15, -0.1) is 11.8 Å². The van der Waals surface area contributed by atoms with E-state index >= 15 is 0 Å². The van der Waals surface area contributed by atoms with Crippen LogP contribution >= 0.6 is 11.8 Å². The lowest BCUT2D eigenvalue weighted by Gasteiger charge is -2.07. The minimum atomic E-state index is -0.393. The number of nitro groups is 1. The third-order valence-corrected chi connectivity index (χ3v) is 3.89. The molecule has 2 aromatic rings. The zero-order valence-corrected chi connectivity index (χ0v) is 11.7. The predicted molar refractivity (Wildman–Crippen MR) is 86.8 cm³/mol. The molecule has 2 aromatic carbocycles. The highest BCUT2D eigenvalue weighted by Gasteiger charge is 2.07. The predicted octanol–water partition coefficient (Wildman–Crippen LogP) is 4.11. The Bertz CT molecular complexity index is 632. The van der Waals surface area contributed by atoms with Gasteiger partial charge in [-0.3, -0.25) is 10.1 Å². The molecule has 0 bridgehead atoms. The van der Waals surface area contributed by atoms with Crippen molar-refractivity contribution in [3.63, 3.8) is 0 Å². The van der Waals surface area contributed by atoms with Crippen LogP contribution in [0.15, 0.2) is 47.4 Å². The standard InChI is InChI=1S/C14H14N2O3S.CH4/c1-19-12-5-6-14(13(15)8-12)20-9-10-3-2-4-11(7-10)16(17)18;/h2-8H,9,15H2,1H3;1H4. The van der Waals surface area contributed by atoms with Crippen molar-refractivity contribution in [1.29, 1.82) is 0 Å². The molecule has 0 radical (unpaired) electrons. The summed E-state index contributed by atoms with van der Waals surface area (Å²) in [6.07, 6.45) is 0. The first-order valence-electron chi connectivity index (χ1n) is 5.90. The van der Waals surface area contributed by atoms with Crippen LogP contribution in [0, 0.1) is 10.1 Å². The Hall–Kier alpha value is -2.21. The van der Waals surface area contributed by atoms with Crippen LogP contribution in [0.1, 0.15) is 13.0 Å². The van der Waals surface area contributed by atoms with Crippen molar-refractivity contribution in [2.45, 2.75) is 18.1 Å². The largest absolute Gasteiger partial charge is 0.497 e. The number of non-ortho nitro benzene ring substituents is 1. The van der Waals surface area contributed by atoms with Crippen molar-refractivity contribution in [2.24, 2.45) is 0 Å². The summed E-state index contributed by atoms with van der Waals surface area (Å²) in [5.41, 5.74) is 7.56. The maximum atomic E-state index is 10.7. The summed E-state index contributed by atoms with van der Waals surface area (Å²) in [7, 11) is 1.59. The summed E-state index contributed by atoms with van der Waals surface area (Å²) in [6, 6.07) is 12.1. The highest BCUT2D eigenvalue weighted by Crippen LogP contribution is 2.31. The average molecular weight is 306 g/mol. The molecule has 0 atom stereocenters. The normalized spacial score (nSPS) is 9.76. The first-order chi connectivity index (χ1) is 9.60. The number of hydrogen-bond acceptors (Lipinski definition) is 5. The fourth-order valence-electron chi connectivity index (χ4n) is 1.71. The fraction of sp³-hybridized carbons (Fsp3) is 0.200. The van der Waals surface area contributed by atoms with E-state index < -0.39 is 4.92 Å². The van der Waals surface area contributed by atoms with Crippen LogP contribution < -0.4 is 10.5 Å². The maximum absolute atomic E-state index is 10.7. The van der Waals surface area contributed by atoms with Crippen molar-refractivity contribution in [3.05, 3.63) is 58.1 Å². The smallest absolute Gasteiger partial charge is 0.269 e. The van der Waals surface area contributed by atoms with E-state index in [-0.39, 0.29) is 13.1 Å².